The van der Waals surface area contributed by atoms with E-state index in [9.17, 15) is 34.8 Å². The summed E-state index contributed by atoms with van der Waals surface area (Å²) in [5.74, 6) is -2.20. The SMILES string of the molecule is N#Cc1ccc(S(=O)(=O)CC2CC(c3ccc(C#N)c(C(F)(F)F)c3)C(C(F)(F)F)N2)cc1. The standard InChI is InChI=1S/C21H15F6N3O2S/c22-20(23,24)18-7-13(3-4-14(18)10-29)17-8-15(30-19(17)21(25,26)27)11-33(31,32)16-5-1-12(9-28)2-6-16/h1-7,15,17,19,30H,8,11H2. The summed E-state index contributed by atoms with van der Waals surface area (Å²) in [4.78, 5) is -0.187. The first-order chi connectivity index (χ1) is 15.3. The average molecular weight is 487 g/mol. The van der Waals surface area contributed by atoms with Crippen LogP contribution in [-0.2, 0) is 16.0 Å². The molecule has 1 N–H and O–H groups in total. The lowest BCUT2D eigenvalue weighted by Crippen LogP contribution is -2.44. The van der Waals surface area contributed by atoms with Gasteiger partial charge in [-0.1, -0.05) is 6.07 Å². The number of hydrogen-bond acceptors (Lipinski definition) is 5. The summed E-state index contributed by atoms with van der Waals surface area (Å²) < 4.78 is 106. The molecule has 0 aliphatic carbocycles. The molecule has 1 aliphatic heterocycles. The minimum absolute atomic E-state index is 0.187. The van der Waals surface area contributed by atoms with Crippen LogP contribution in [0.3, 0.4) is 0 Å². The van der Waals surface area contributed by atoms with Gasteiger partial charge in [-0.2, -0.15) is 36.9 Å². The van der Waals surface area contributed by atoms with E-state index in [2.05, 4.69) is 5.32 Å². The summed E-state index contributed by atoms with van der Waals surface area (Å²) in [5, 5.41) is 19.9. The van der Waals surface area contributed by atoms with E-state index in [1.54, 1.807) is 0 Å². The Kier molecular flexibility index (Phi) is 6.46. The fourth-order valence-electron chi connectivity index (χ4n) is 3.87. The minimum atomic E-state index is -4.95. The lowest BCUT2D eigenvalue weighted by molar-refractivity contribution is -0.155. The molecule has 0 spiro atoms. The number of benzene rings is 2. The molecule has 1 heterocycles. The van der Waals surface area contributed by atoms with Crippen molar-refractivity contribution in [2.24, 2.45) is 0 Å². The smallest absolute Gasteiger partial charge is 0.302 e. The number of halogens is 6. The second-order valence-electron chi connectivity index (χ2n) is 7.56. The molecule has 33 heavy (non-hydrogen) atoms. The highest BCUT2D eigenvalue weighted by molar-refractivity contribution is 7.91. The van der Waals surface area contributed by atoms with Gasteiger partial charge in [-0.15, -0.1) is 0 Å². The Morgan fingerprint density at radius 1 is 0.970 bits per heavy atom. The van der Waals surface area contributed by atoms with E-state index in [-0.39, 0.29) is 22.4 Å². The Morgan fingerprint density at radius 3 is 2.12 bits per heavy atom. The van der Waals surface area contributed by atoms with Gasteiger partial charge in [0, 0.05) is 12.0 Å². The molecule has 5 nitrogen and oxygen atoms in total. The molecule has 3 atom stereocenters. The molecule has 0 saturated carbocycles. The molecular formula is C21H15F6N3O2S. The second-order valence-corrected chi connectivity index (χ2v) is 9.59. The highest BCUT2D eigenvalue weighted by Crippen LogP contribution is 2.42. The molecule has 0 amide bonds. The third kappa shape index (κ3) is 5.29. The molecule has 0 bridgehead atoms. The zero-order chi connectivity index (χ0) is 24.6. The van der Waals surface area contributed by atoms with Crippen molar-refractivity contribution in [2.45, 2.75) is 41.7 Å². The van der Waals surface area contributed by atoms with Gasteiger partial charge < -0.3 is 5.32 Å². The van der Waals surface area contributed by atoms with Crippen molar-refractivity contribution < 1.29 is 34.8 Å². The van der Waals surface area contributed by atoms with Crippen LogP contribution in [0.2, 0.25) is 0 Å². The molecule has 0 aromatic heterocycles. The molecule has 1 saturated heterocycles. The Bertz CT molecular complexity index is 1230. The maximum Gasteiger partial charge on any atom is 0.417 e. The van der Waals surface area contributed by atoms with Crippen molar-refractivity contribution in [1.29, 1.82) is 10.5 Å². The van der Waals surface area contributed by atoms with E-state index in [4.69, 9.17) is 10.5 Å². The van der Waals surface area contributed by atoms with Gasteiger partial charge in [0.05, 0.1) is 39.5 Å². The van der Waals surface area contributed by atoms with E-state index >= 15 is 0 Å². The number of nitrogens with one attached hydrogen (secondary N) is 1. The summed E-state index contributed by atoms with van der Waals surface area (Å²) in [7, 11) is -4.05. The first kappa shape index (κ1) is 24.6. The lowest BCUT2D eigenvalue weighted by atomic mass is 9.88. The minimum Gasteiger partial charge on any atom is -0.302 e. The van der Waals surface area contributed by atoms with Gasteiger partial charge >= 0.3 is 12.4 Å². The molecular weight excluding hydrogens is 472 g/mol. The third-order valence-electron chi connectivity index (χ3n) is 5.37. The first-order valence-corrected chi connectivity index (χ1v) is 11.1. The number of sulfone groups is 1. The van der Waals surface area contributed by atoms with Crippen LogP contribution in [0.4, 0.5) is 26.3 Å². The highest BCUT2D eigenvalue weighted by Gasteiger charge is 2.51. The van der Waals surface area contributed by atoms with Crippen LogP contribution in [0, 0.1) is 22.7 Å². The quantitative estimate of drug-likeness (QED) is 0.650. The van der Waals surface area contributed by atoms with Crippen molar-refractivity contribution in [2.75, 3.05) is 5.75 Å². The molecule has 2 aromatic carbocycles. The summed E-state index contributed by atoms with van der Waals surface area (Å²) >= 11 is 0. The molecule has 3 unspecified atom stereocenters. The fourth-order valence-corrected chi connectivity index (χ4v) is 5.38. The van der Waals surface area contributed by atoms with Crippen LogP contribution in [0.15, 0.2) is 47.4 Å². The van der Waals surface area contributed by atoms with Crippen LogP contribution in [0.1, 0.15) is 34.6 Å². The number of nitriles is 2. The van der Waals surface area contributed by atoms with E-state index in [0.717, 1.165) is 24.3 Å². The second kappa shape index (κ2) is 8.69. The van der Waals surface area contributed by atoms with Gasteiger partial charge in [-0.3, -0.25) is 0 Å². The zero-order valence-corrected chi connectivity index (χ0v) is 17.4. The summed E-state index contributed by atoms with van der Waals surface area (Å²) in [6.07, 6.45) is -10.2. The van der Waals surface area contributed by atoms with Gasteiger partial charge in [0.1, 0.15) is 6.04 Å². The van der Waals surface area contributed by atoms with Crippen LogP contribution in [0.25, 0.3) is 0 Å². The average Bonchev–Trinajstić information content (AvgIpc) is 3.16. The number of hydrogen-bond donors (Lipinski definition) is 1. The molecule has 174 valence electrons. The van der Waals surface area contributed by atoms with Crippen LogP contribution in [-0.4, -0.2) is 32.4 Å². The predicted octanol–water partition coefficient (Wildman–Crippen LogP) is 4.30. The van der Waals surface area contributed by atoms with Gasteiger partial charge in [0.2, 0.25) is 0 Å². The summed E-state index contributed by atoms with van der Waals surface area (Å²) in [6.45, 7) is 0. The maximum absolute atomic E-state index is 13.7. The summed E-state index contributed by atoms with van der Waals surface area (Å²) in [6, 6.07) is 6.92. The van der Waals surface area contributed by atoms with Gasteiger partial charge in [0.15, 0.2) is 9.84 Å². The van der Waals surface area contributed by atoms with Crippen molar-refractivity contribution in [3.8, 4) is 12.1 Å². The van der Waals surface area contributed by atoms with E-state index < -0.39 is 57.1 Å². The molecule has 2 aromatic rings. The van der Waals surface area contributed by atoms with Gasteiger partial charge in [0.25, 0.3) is 0 Å². The number of nitrogens with zero attached hydrogens (tertiary/aromatic N) is 2. The van der Waals surface area contributed by atoms with Gasteiger partial charge in [-0.25, -0.2) is 8.42 Å². The normalized spacial score (nSPS) is 21.4. The Balaban J connectivity index is 1.93. The van der Waals surface area contributed by atoms with E-state index in [0.29, 0.717) is 6.07 Å². The Hall–Kier alpha value is -3.09. The van der Waals surface area contributed by atoms with Gasteiger partial charge in [-0.05, 0) is 48.4 Å². The Labute approximate surface area is 185 Å². The molecule has 1 aliphatic rings. The number of alkyl halides is 6. The molecule has 3 rings (SSSR count). The predicted molar refractivity (Wildman–Crippen MR) is 103 cm³/mol. The van der Waals surface area contributed by atoms with Crippen molar-refractivity contribution >= 4 is 9.84 Å². The summed E-state index contributed by atoms with van der Waals surface area (Å²) in [5.41, 5.74) is -2.17. The van der Waals surface area contributed by atoms with Crippen molar-refractivity contribution in [1.82, 2.24) is 5.32 Å². The van der Waals surface area contributed by atoms with Crippen LogP contribution >= 0.6 is 0 Å². The zero-order valence-electron chi connectivity index (χ0n) is 16.6. The maximum atomic E-state index is 13.7. The van der Waals surface area contributed by atoms with Crippen LogP contribution < -0.4 is 5.32 Å². The number of rotatable bonds is 4. The molecule has 12 heteroatoms. The fraction of sp³-hybridized carbons (Fsp3) is 0.333. The Morgan fingerprint density at radius 2 is 1.61 bits per heavy atom. The van der Waals surface area contributed by atoms with Crippen LogP contribution in [0.5, 0.6) is 0 Å². The largest absolute Gasteiger partial charge is 0.417 e. The topological polar surface area (TPSA) is 93.8 Å². The monoisotopic (exact) mass is 487 g/mol. The van der Waals surface area contributed by atoms with Crippen molar-refractivity contribution in [3.63, 3.8) is 0 Å². The van der Waals surface area contributed by atoms with Crippen molar-refractivity contribution in [3.05, 3.63) is 64.7 Å². The van der Waals surface area contributed by atoms with E-state index in [1.807, 2.05) is 6.07 Å². The third-order valence-corrected chi connectivity index (χ3v) is 7.20. The molecule has 0 radical (unpaired) electrons. The lowest BCUT2D eigenvalue weighted by Gasteiger charge is -2.23. The highest BCUT2D eigenvalue weighted by atomic mass is 32.2. The first-order valence-electron chi connectivity index (χ1n) is 9.43. The molecule has 1 fully saturated rings. The van der Waals surface area contributed by atoms with E-state index in [1.165, 1.54) is 18.2 Å².